The lowest BCUT2D eigenvalue weighted by atomic mass is 9.80. The van der Waals surface area contributed by atoms with Crippen LogP contribution in [-0.2, 0) is 9.53 Å². The van der Waals surface area contributed by atoms with E-state index in [1.807, 2.05) is 4.90 Å². The number of benzene rings is 1. The van der Waals surface area contributed by atoms with Gasteiger partial charge in [0.25, 0.3) is 0 Å². The van der Waals surface area contributed by atoms with E-state index in [0.717, 1.165) is 31.5 Å². The van der Waals surface area contributed by atoms with Crippen molar-refractivity contribution >= 4 is 29.2 Å². The molecule has 7 heteroatoms. The Kier molecular flexibility index (Phi) is 5.52. The molecule has 3 fully saturated rings. The molecule has 152 valence electrons. The predicted octanol–water partition coefficient (Wildman–Crippen LogP) is 3.66. The van der Waals surface area contributed by atoms with E-state index in [1.165, 1.54) is 12.8 Å². The normalized spacial score (nSPS) is 29.7. The van der Waals surface area contributed by atoms with Gasteiger partial charge in [0.1, 0.15) is 6.10 Å². The van der Waals surface area contributed by atoms with Gasteiger partial charge in [-0.1, -0.05) is 18.5 Å². The van der Waals surface area contributed by atoms with E-state index in [0.29, 0.717) is 24.0 Å². The number of anilines is 1. The number of hydrogen-bond acceptors (Lipinski definition) is 3. The van der Waals surface area contributed by atoms with Gasteiger partial charge in [0.05, 0.1) is 5.60 Å². The van der Waals surface area contributed by atoms with Crippen molar-refractivity contribution in [3.8, 4) is 0 Å². The number of amides is 3. The molecule has 0 bridgehead atoms. The molecule has 1 spiro atoms. The zero-order valence-corrected chi connectivity index (χ0v) is 17.0. The molecule has 6 nitrogen and oxygen atoms in total. The van der Waals surface area contributed by atoms with Gasteiger partial charge in [0.2, 0.25) is 5.91 Å². The minimum Gasteiger partial charge on any atom is -0.362 e. The van der Waals surface area contributed by atoms with Crippen molar-refractivity contribution in [2.75, 3.05) is 25.0 Å². The summed E-state index contributed by atoms with van der Waals surface area (Å²) in [5, 5.41) is 6.60. The summed E-state index contributed by atoms with van der Waals surface area (Å²) in [7, 11) is 0. The van der Waals surface area contributed by atoms with Gasteiger partial charge in [-0.05, 0) is 62.3 Å². The third-order valence-corrected chi connectivity index (χ3v) is 6.59. The Hall–Kier alpha value is -1.79. The van der Waals surface area contributed by atoms with Gasteiger partial charge in [-0.2, -0.15) is 0 Å². The van der Waals surface area contributed by atoms with Crippen LogP contribution in [-0.4, -0.2) is 48.2 Å². The number of ether oxygens (including phenoxy) is 1. The first-order valence-corrected chi connectivity index (χ1v) is 10.6. The molecular formula is C21H28ClN3O3. The van der Waals surface area contributed by atoms with Crippen LogP contribution >= 0.6 is 11.6 Å². The fourth-order valence-electron chi connectivity index (χ4n) is 4.27. The number of carbonyl (C=O) groups is 2. The number of halogens is 1. The first-order chi connectivity index (χ1) is 13.4. The van der Waals surface area contributed by atoms with Gasteiger partial charge in [-0.15, -0.1) is 0 Å². The lowest BCUT2D eigenvalue weighted by molar-refractivity contribution is -0.146. The molecule has 3 aliphatic rings. The number of likely N-dealkylation sites (tertiary alicyclic amines) is 1. The fourth-order valence-corrected chi connectivity index (χ4v) is 4.39. The van der Waals surface area contributed by atoms with E-state index >= 15 is 0 Å². The number of carbonyl (C=O) groups excluding carboxylic acids is 2. The lowest BCUT2D eigenvalue weighted by Crippen LogP contribution is -2.54. The molecule has 28 heavy (non-hydrogen) atoms. The molecule has 2 heterocycles. The molecule has 2 saturated heterocycles. The third kappa shape index (κ3) is 4.28. The number of nitrogens with one attached hydrogen (secondary N) is 2. The first kappa shape index (κ1) is 19.5. The van der Waals surface area contributed by atoms with Gasteiger partial charge in [-0.3, -0.25) is 4.79 Å². The summed E-state index contributed by atoms with van der Waals surface area (Å²) in [4.78, 5) is 26.8. The highest BCUT2D eigenvalue weighted by Crippen LogP contribution is 2.42. The molecule has 3 amide bonds. The quantitative estimate of drug-likeness (QED) is 0.803. The van der Waals surface area contributed by atoms with Crippen molar-refractivity contribution in [2.45, 2.75) is 50.7 Å². The van der Waals surface area contributed by atoms with Crippen molar-refractivity contribution in [3.63, 3.8) is 0 Å². The van der Waals surface area contributed by atoms with Gasteiger partial charge in [-0.25, -0.2) is 4.79 Å². The Balaban J connectivity index is 1.30. The van der Waals surface area contributed by atoms with Crippen LogP contribution in [0.2, 0.25) is 5.02 Å². The molecule has 1 saturated carbocycles. The lowest BCUT2D eigenvalue weighted by Gasteiger charge is -2.44. The summed E-state index contributed by atoms with van der Waals surface area (Å²) in [6.45, 7) is 4.14. The highest BCUT2D eigenvalue weighted by molar-refractivity contribution is 6.30. The van der Waals surface area contributed by atoms with Crippen molar-refractivity contribution in [2.24, 2.45) is 11.8 Å². The van der Waals surface area contributed by atoms with E-state index in [2.05, 4.69) is 17.6 Å². The maximum absolute atomic E-state index is 12.6. The molecule has 0 aromatic heterocycles. The second-order valence-corrected chi connectivity index (χ2v) is 8.87. The Morgan fingerprint density at radius 3 is 2.64 bits per heavy atom. The van der Waals surface area contributed by atoms with Crippen LogP contribution in [0.25, 0.3) is 0 Å². The Morgan fingerprint density at radius 2 is 1.96 bits per heavy atom. The van der Waals surface area contributed by atoms with Crippen LogP contribution < -0.4 is 10.6 Å². The van der Waals surface area contributed by atoms with Crippen LogP contribution in [0.4, 0.5) is 10.5 Å². The molecule has 0 unspecified atom stereocenters. The van der Waals surface area contributed by atoms with Crippen LogP contribution in [0.5, 0.6) is 0 Å². The number of rotatable bonds is 4. The molecule has 2 aliphatic heterocycles. The molecule has 3 atom stereocenters. The summed E-state index contributed by atoms with van der Waals surface area (Å²) in [5.41, 5.74) is 0.436. The van der Waals surface area contributed by atoms with E-state index in [9.17, 15) is 9.59 Å². The summed E-state index contributed by atoms with van der Waals surface area (Å²) in [6, 6.07) is 6.98. The zero-order valence-electron chi connectivity index (χ0n) is 16.2. The second-order valence-electron chi connectivity index (χ2n) is 8.43. The summed E-state index contributed by atoms with van der Waals surface area (Å²) in [5.74, 6) is 0.873. The standard InChI is InChI=1S/C21H28ClN3O3/c1-14-13-25(20(27)24-17-6-4-16(22)5-7-17)11-10-21(14)9-8-18(28-21)19(26)23-12-15-2-3-15/h4-7,14-15,18H,2-3,8-13H2,1H3,(H,23,26)(H,24,27)/t14-,18+,21-/m1/s1. The summed E-state index contributed by atoms with van der Waals surface area (Å²) >= 11 is 5.89. The van der Waals surface area contributed by atoms with Crippen LogP contribution in [0.3, 0.4) is 0 Å². The van der Waals surface area contributed by atoms with E-state index in [-0.39, 0.29) is 29.6 Å². The predicted molar refractivity (Wildman–Crippen MR) is 108 cm³/mol. The van der Waals surface area contributed by atoms with E-state index in [1.54, 1.807) is 24.3 Å². The maximum Gasteiger partial charge on any atom is 0.321 e. The monoisotopic (exact) mass is 405 g/mol. The van der Waals surface area contributed by atoms with Crippen molar-refractivity contribution < 1.29 is 14.3 Å². The average Bonchev–Trinajstić information content (AvgIpc) is 3.42. The van der Waals surface area contributed by atoms with Crippen molar-refractivity contribution in [3.05, 3.63) is 29.3 Å². The van der Waals surface area contributed by atoms with Gasteiger partial charge in [0.15, 0.2) is 0 Å². The van der Waals surface area contributed by atoms with Gasteiger partial charge in [0, 0.05) is 36.3 Å². The Labute approximate surface area is 170 Å². The first-order valence-electron chi connectivity index (χ1n) is 10.2. The minimum absolute atomic E-state index is 0.0267. The van der Waals surface area contributed by atoms with E-state index < -0.39 is 0 Å². The topological polar surface area (TPSA) is 70.7 Å². The SMILES string of the molecule is C[C@@H]1CN(C(=O)Nc2ccc(Cl)cc2)CC[C@]12CC[C@@H](C(=O)NCC1CC1)O2. The summed E-state index contributed by atoms with van der Waals surface area (Å²) < 4.78 is 6.29. The van der Waals surface area contributed by atoms with Crippen molar-refractivity contribution in [1.29, 1.82) is 0 Å². The van der Waals surface area contributed by atoms with Crippen LogP contribution in [0.15, 0.2) is 24.3 Å². The number of urea groups is 1. The smallest absolute Gasteiger partial charge is 0.321 e. The minimum atomic E-state index is -0.351. The van der Waals surface area contributed by atoms with Gasteiger partial charge < -0.3 is 20.3 Å². The molecule has 0 radical (unpaired) electrons. The van der Waals surface area contributed by atoms with E-state index in [4.69, 9.17) is 16.3 Å². The molecule has 1 aliphatic carbocycles. The van der Waals surface area contributed by atoms with Crippen LogP contribution in [0.1, 0.15) is 39.0 Å². The fraction of sp³-hybridized carbons (Fsp3) is 0.619. The Morgan fingerprint density at radius 1 is 1.21 bits per heavy atom. The second kappa shape index (κ2) is 7.91. The molecule has 2 N–H and O–H groups in total. The number of hydrogen-bond donors (Lipinski definition) is 2. The van der Waals surface area contributed by atoms with Gasteiger partial charge >= 0.3 is 6.03 Å². The number of nitrogens with zero attached hydrogens (tertiary/aromatic N) is 1. The number of piperidine rings is 1. The maximum atomic E-state index is 12.6. The zero-order chi connectivity index (χ0) is 19.7. The highest BCUT2D eigenvalue weighted by Gasteiger charge is 2.49. The summed E-state index contributed by atoms with van der Waals surface area (Å²) in [6.07, 6.45) is 4.49. The average molecular weight is 406 g/mol. The van der Waals surface area contributed by atoms with Crippen molar-refractivity contribution in [1.82, 2.24) is 10.2 Å². The highest BCUT2D eigenvalue weighted by atomic mass is 35.5. The molecule has 1 aromatic carbocycles. The third-order valence-electron chi connectivity index (χ3n) is 6.34. The molecule has 1 aromatic rings. The molecule has 4 rings (SSSR count). The molecular weight excluding hydrogens is 378 g/mol. The largest absolute Gasteiger partial charge is 0.362 e. The van der Waals surface area contributed by atoms with Crippen LogP contribution in [0, 0.1) is 11.8 Å². The Bertz CT molecular complexity index is 737.